The van der Waals surface area contributed by atoms with Crippen LogP contribution in [0.5, 0.6) is 0 Å². The molecule has 2 aliphatic heterocycles. The van der Waals surface area contributed by atoms with E-state index in [1.165, 1.54) is 33.4 Å². The third kappa shape index (κ3) is 4.01. The predicted octanol–water partition coefficient (Wildman–Crippen LogP) is 6.93. The van der Waals surface area contributed by atoms with Gasteiger partial charge in [-0.1, -0.05) is 35.4 Å². The summed E-state index contributed by atoms with van der Waals surface area (Å²) in [5.74, 6) is 0.117. The molecule has 167 valence electrons. The number of anilines is 2. The first-order valence-corrected chi connectivity index (χ1v) is 12.4. The molecular formula is C26H28Br2N3O. The Morgan fingerprint density at radius 2 is 1.16 bits per heavy atom. The molecule has 1 amide bonds. The van der Waals surface area contributed by atoms with Gasteiger partial charge in [0.25, 0.3) is 0 Å². The lowest BCUT2D eigenvalue weighted by Crippen LogP contribution is -2.39. The summed E-state index contributed by atoms with van der Waals surface area (Å²) in [6, 6.07) is 8.78. The molecule has 3 radical (unpaired) electrons. The van der Waals surface area contributed by atoms with Crippen LogP contribution in [0.15, 0.2) is 33.5 Å². The first kappa shape index (κ1) is 23.4. The number of halogens is 2. The minimum absolute atomic E-state index is 0.117. The SMILES string of the molecule is Cc1cc(C)c(N2[C]([C]N3CCCC3=O)N(c3c(C)cc(C)cc3C)C(Br)=C2Br)c(C)c1. The van der Waals surface area contributed by atoms with Crippen LogP contribution in [0.2, 0.25) is 0 Å². The third-order valence-electron chi connectivity index (χ3n) is 6.01. The Kier molecular flexibility index (Phi) is 6.47. The van der Waals surface area contributed by atoms with Gasteiger partial charge in [-0.2, -0.15) is 0 Å². The second-order valence-electron chi connectivity index (χ2n) is 8.83. The first-order chi connectivity index (χ1) is 15.1. The van der Waals surface area contributed by atoms with E-state index in [0.717, 1.165) is 33.2 Å². The number of carbonyl (C=O) groups is 1. The molecule has 0 spiro atoms. The number of hydrogen-bond acceptors (Lipinski definition) is 3. The van der Waals surface area contributed by atoms with Gasteiger partial charge in [0.15, 0.2) is 12.7 Å². The van der Waals surface area contributed by atoms with Gasteiger partial charge in [0.05, 0.1) is 11.4 Å². The zero-order valence-corrected chi connectivity index (χ0v) is 22.6. The van der Waals surface area contributed by atoms with Gasteiger partial charge in [-0.05, 0) is 102 Å². The minimum atomic E-state index is 0.117. The van der Waals surface area contributed by atoms with Gasteiger partial charge in [-0.3, -0.25) is 4.79 Å². The standard InChI is InChI=1S/C26H28Br2N3O/c1-15-10-17(3)23(18(4)11-15)30-21(14-29-9-7-8-22(29)32)31(26(28)25(30)27)24-19(5)12-16(2)13-20(24)6/h10-13H,7-9H2,1-6H3. The van der Waals surface area contributed by atoms with Crippen molar-refractivity contribution in [3.8, 4) is 0 Å². The van der Waals surface area contributed by atoms with Gasteiger partial charge < -0.3 is 14.7 Å². The molecule has 2 aliphatic rings. The van der Waals surface area contributed by atoms with Gasteiger partial charge in [0.2, 0.25) is 5.91 Å². The summed E-state index contributed by atoms with van der Waals surface area (Å²) in [4.78, 5) is 18.6. The van der Waals surface area contributed by atoms with Crippen LogP contribution in [-0.2, 0) is 4.79 Å². The van der Waals surface area contributed by atoms with Crippen molar-refractivity contribution in [2.24, 2.45) is 0 Å². The van der Waals surface area contributed by atoms with E-state index in [1.807, 2.05) is 0 Å². The number of hydrogen-bond donors (Lipinski definition) is 0. The van der Waals surface area contributed by atoms with Gasteiger partial charge in [0, 0.05) is 13.0 Å². The molecule has 0 bridgehead atoms. The van der Waals surface area contributed by atoms with E-state index in [4.69, 9.17) is 0 Å². The Hall–Kier alpha value is -1.79. The molecule has 4 nitrogen and oxygen atoms in total. The normalized spacial score (nSPS) is 17.4. The van der Waals surface area contributed by atoms with E-state index in [-0.39, 0.29) is 5.91 Å². The molecule has 2 aromatic carbocycles. The summed E-state index contributed by atoms with van der Waals surface area (Å²) in [6.45, 7) is 16.9. The maximum absolute atomic E-state index is 12.5. The lowest BCUT2D eigenvalue weighted by atomic mass is 10.0. The van der Waals surface area contributed by atoms with Gasteiger partial charge in [-0.25, -0.2) is 0 Å². The average molecular weight is 558 g/mol. The summed E-state index contributed by atoms with van der Waals surface area (Å²) in [5, 5.41) is 0. The van der Waals surface area contributed by atoms with Crippen LogP contribution in [0.4, 0.5) is 11.4 Å². The fourth-order valence-electron chi connectivity index (χ4n) is 4.92. The number of amides is 1. The molecule has 0 unspecified atom stereocenters. The highest BCUT2D eigenvalue weighted by Crippen LogP contribution is 2.50. The summed E-state index contributed by atoms with van der Waals surface area (Å²) in [6.07, 6.45) is 2.24. The highest BCUT2D eigenvalue weighted by Gasteiger charge is 2.44. The summed E-state index contributed by atoms with van der Waals surface area (Å²) < 4.78 is 1.78. The Labute approximate surface area is 208 Å². The summed E-state index contributed by atoms with van der Waals surface area (Å²) in [7, 11) is 0. The highest BCUT2D eigenvalue weighted by atomic mass is 79.9. The molecule has 6 heteroatoms. The fraction of sp³-hybridized carbons (Fsp3) is 0.346. The quantitative estimate of drug-likeness (QED) is 0.381. The summed E-state index contributed by atoms with van der Waals surface area (Å²) >= 11 is 7.71. The van der Waals surface area contributed by atoms with Gasteiger partial charge in [0.1, 0.15) is 9.21 Å². The van der Waals surface area contributed by atoms with E-state index in [0.29, 0.717) is 13.0 Å². The largest absolute Gasteiger partial charge is 0.327 e. The van der Waals surface area contributed by atoms with Crippen LogP contribution in [0.3, 0.4) is 0 Å². The second-order valence-corrected chi connectivity index (χ2v) is 10.3. The highest BCUT2D eigenvalue weighted by molar-refractivity contribution is 9.14. The lowest BCUT2D eigenvalue weighted by Gasteiger charge is -2.36. The lowest BCUT2D eigenvalue weighted by molar-refractivity contribution is -0.126. The number of benzene rings is 2. The molecule has 0 atom stereocenters. The maximum atomic E-state index is 12.5. The molecule has 0 N–H and O–H groups in total. The third-order valence-corrected chi connectivity index (χ3v) is 8.01. The Morgan fingerprint density at radius 3 is 1.50 bits per heavy atom. The monoisotopic (exact) mass is 556 g/mol. The van der Waals surface area contributed by atoms with Crippen LogP contribution >= 0.6 is 31.9 Å². The average Bonchev–Trinajstić information content (AvgIpc) is 3.18. The molecule has 4 rings (SSSR count). The van der Waals surface area contributed by atoms with E-state index in [1.54, 1.807) is 4.90 Å². The Morgan fingerprint density at radius 1 is 0.750 bits per heavy atom. The number of rotatable bonds is 4. The zero-order chi connectivity index (χ0) is 23.3. The van der Waals surface area contributed by atoms with Crippen molar-refractivity contribution in [3.05, 3.63) is 79.6 Å². The van der Waals surface area contributed by atoms with E-state index in [2.05, 4.69) is 114 Å². The molecule has 0 aromatic heterocycles. The number of likely N-dealkylation sites (tertiary alicyclic amines) is 1. The zero-order valence-electron chi connectivity index (χ0n) is 19.4. The molecule has 2 heterocycles. The van der Waals surface area contributed by atoms with Crippen molar-refractivity contribution in [3.63, 3.8) is 0 Å². The van der Waals surface area contributed by atoms with Crippen molar-refractivity contribution in [2.75, 3.05) is 16.3 Å². The number of nitrogens with zero attached hydrogens (tertiary/aromatic N) is 3. The first-order valence-electron chi connectivity index (χ1n) is 10.9. The van der Waals surface area contributed by atoms with Crippen molar-refractivity contribution in [1.82, 2.24) is 4.90 Å². The molecule has 0 saturated carbocycles. The minimum Gasteiger partial charge on any atom is -0.327 e. The second kappa shape index (κ2) is 8.86. The maximum Gasteiger partial charge on any atom is 0.223 e. The topological polar surface area (TPSA) is 26.8 Å². The molecular weight excluding hydrogens is 530 g/mol. The fourth-order valence-corrected chi connectivity index (χ4v) is 5.96. The van der Waals surface area contributed by atoms with Crippen LogP contribution < -0.4 is 9.80 Å². The van der Waals surface area contributed by atoms with E-state index in [9.17, 15) is 4.79 Å². The van der Waals surface area contributed by atoms with Crippen molar-refractivity contribution in [1.29, 1.82) is 0 Å². The van der Waals surface area contributed by atoms with Gasteiger partial charge >= 0.3 is 0 Å². The van der Waals surface area contributed by atoms with Crippen molar-refractivity contribution < 1.29 is 4.79 Å². The predicted molar refractivity (Wildman–Crippen MR) is 139 cm³/mol. The van der Waals surface area contributed by atoms with E-state index >= 15 is 0 Å². The Balaban J connectivity index is 1.89. The van der Waals surface area contributed by atoms with Crippen LogP contribution in [0.1, 0.15) is 46.2 Å². The molecule has 2 aromatic rings. The number of carbonyl (C=O) groups excluding carboxylic acids is 1. The molecule has 1 saturated heterocycles. The van der Waals surface area contributed by atoms with Crippen LogP contribution in [-0.4, -0.2) is 17.4 Å². The summed E-state index contributed by atoms with van der Waals surface area (Å²) in [5.41, 5.74) is 9.34. The van der Waals surface area contributed by atoms with Crippen molar-refractivity contribution >= 4 is 49.1 Å². The van der Waals surface area contributed by atoms with Gasteiger partial charge in [-0.15, -0.1) is 0 Å². The smallest absolute Gasteiger partial charge is 0.223 e. The van der Waals surface area contributed by atoms with Crippen LogP contribution in [0, 0.1) is 54.3 Å². The molecule has 0 aliphatic carbocycles. The Bertz CT molecular complexity index is 1000. The van der Waals surface area contributed by atoms with E-state index < -0.39 is 0 Å². The molecule has 1 fully saturated rings. The van der Waals surface area contributed by atoms with Crippen molar-refractivity contribution in [2.45, 2.75) is 54.4 Å². The van der Waals surface area contributed by atoms with Crippen LogP contribution in [0.25, 0.3) is 0 Å². The molecule has 32 heavy (non-hydrogen) atoms. The number of aryl methyl sites for hydroxylation is 6.